The second-order valence-electron chi connectivity index (χ2n) is 3.59. The highest BCUT2D eigenvalue weighted by molar-refractivity contribution is 7.99. The number of likely N-dealkylation sites (N-methyl/N-ethyl adjacent to an activating group) is 1. The summed E-state index contributed by atoms with van der Waals surface area (Å²) in [6.45, 7) is 2.80. The van der Waals surface area contributed by atoms with Crippen molar-refractivity contribution in [2.45, 2.75) is 18.2 Å². The van der Waals surface area contributed by atoms with Crippen molar-refractivity contribution >= 4 is 17.8 Å². The van der Waals surface area contributed by atoms with Gasteiger partial charge < -0.3 is 10.6 Å². The summed E-state index contributed by atoms with van der Waals surface area (Å²) in [6.07, 6.45) is 0.844. The van der Waals surface area contributed by atoms with Crippen LogP contribution in [0.25, 0.3) is 0 Å². The molecule has 2 N–H and O–H groups in total. The van der Waals surface area contributed by atoms with E-state index in [2.05, 4.69) is 31.2 Å². The molecule has 1 rings (SSSR count). The Balaban J connectivity index is 2.46. The van der Waals surface area contributed by atoms with Crippen molar-refractivity contribution in [3.8, 4) is 0 Å². The van der Waals surface area contributed by atoms with Gasteiger partial charge in [0.25, 0.3) is 0 Å². The van der Waals surface area contributed by atoms with E-state index in [0.717, 1.165) is 12.2 Å². The Labute approximate surface area is 101 Å². The van der Waals surface area contributed by atoms with Crippen molar-refractivity contribution in [1.82, 2.24) is 4.90 Å². The molecule has 3 nitrogen and oxygen atoms in total. The van der Waals surface area contributed by atoms with Crippen molar-refractivity contribution in [2.24, 2.45) is 5.73 Å². The Morgan fingerprint density at radius 1 is 1.38 bits per heavy atom. The number of benzene rings is 1. The quantitative estimate of drug-likeness (QED) is 0.800. The molecule has 88 valence electrons. The van der Waals surface area contributed by atoms with E-state index in [1.165, 1.54) is 15.4 Å². The second-order valence-corrected chi connectivity index (χ2v) is 4.92. The molecule has 0 atom stereocenters. The van der Waals surface area contributed by atoms with Gasteiger partial charge in [-0.25, -0.2) is 4.79 Å². The largest absolute Gasteiger partial charge is 0.351 e. The number of hydrogen-bond donors (Lipinski definition) is 1. The zero-order chi connectivity index (χ0) is 12.0. The SMILES string of the molecule is CCSc1ccc(CCN(C)C(N)=O)cc1. The second kappa shape index (κ2) is 6.43. The molecule has 1 aromatic carbocycles. The highest BCUT2D eigenvalue weighted by atomic mass is 32.2. The number of amides is 2. The van der Waals surface area contributed by atoms with Gasteiger partial charge in [0.05, 0.1) is 0 Å². The first-order valence-electron chi connectivity index (χ1n) is 5.35. The van der Waals surface area contributed by atoms with E-state index in [1.807, 2.05) is 11.8 Å². The van der Waals surface area contributed by atoms with Crippen LogP contribution in [0, 0.1) is 0 Å². The molecule has 0 radical (unpaired) electrons. The maximum atomic E-state index is 10.8. The summed E-state index contributed by atoms with van der Waals surface area (Å²) in [5.41, 5.74) is 6.38. The number of rotatable bonds is 5. The summed E-state index contributed by atoms with van der Waals surface area (Å²) >= 11 is 1.83. The van der Waals surface area contributed by atoms with Gasteiger partial charge in [0.2, 0.25) is 0 Å². The van der Waals surface area contributed by atoms with Crippen LogP contribution < -0.4 is 5.73 Å². The van der Waals surface area contributed by atoms with Crippen molar-refractivity contribution in [3.63, 3.8) is 0 Å². The van der Waals surface area contributed by atoms with Crippen LogP contribution in [0.3, 0.4) is 0 Å². The molecule has 0 spiro atoms. The standard InChI is InChI=1S/C12H18N2OS/c1-3-16-11-6-4-10(5-7-11)8-9-14(2)12(13)15/h4-7H,3,8-9H2,1-2H3,(H2,13,15). The summed E-state index contributed by atoms with van der Waals surface area (Å²) in [7, 11) is 1.71. The Hall–Kier alpha value is -1.16. The molecule has 0 aliphatic rings. The predicted octanol–water partition coefficient (Wildman–Crippen LogP) is 2.35. The van der Waals surface area contributed by atoms with Gasteiger partial charge in [0.1, 0.15) is 0 Å². The lowest BCUT2D eigenvalue weighted by Crippen LogP contribution is -2.33. The van der Waals surface area contributed by atoms with Crippen LogP contribution in [0.4, 0.5) is 4.79 Å². The van der Waals surface area contributed by atoms with Gasteiger partial charge in [-0.3, -0.25) is 0 Å². The lowest BCUT2D eigenvalue weighted by molar-refractivity contribution is 0.219. The van der Waals surface area contributed by atoms with Gasteiger partial charge in [-0.1, -0.05) is 19.1 Å². The van der Waals surface area contributed by atoms with Gasteiger partial charge >= 0.3 is 6.03 Å². The predicted molar refractivity (Wildman–Crippen MR) is 68.8 cm³/mol. The van der Waals surface area contributed by atoms with Crippen LogP contribution in [0.15, 0.2) is 29.2 Å². The topological polar surface area (TPSA) is 46.3 Å². The van der Waals surface area contributed by atoms with Crippen LogP contribution in [-0.2, 0) is 6.42 Å². The molecule has 0 aromatic heterocycles. The third-order valence-corrected chi connectivity index (χ3v) is 3.24. The summed E-state index contributed by atoms with van der Waals surface area (Å²) in [6, 6.07) is 8.07. The Morgan fingerprint density at radius 3 is 2.50 bits per heavy atom. The molecule has 16 heavy (non-hydrogen) atoms. The molecule has 0 bridgehead atoms. The monoisotopic (exact) mass is 238 g/mol. The van der Waals surface area contributed by atoms with Gasteiger partial charge in [-0.2, -0.15) is 0 Å². The first kappa shape index (κ1) is 12.9. The molecule has 0 saturated carbocycles. The van der Waals surface area contributed by atoms with Crippen LogP contribution in [0.2, 0.25) is 0 Å². The molecular formula is C12H18N2OS. The normalized spacial score (nSPS) is 10.1. The zero-order valence-corrected chi connectivity index (χ0v) is 10.6. The summed E-state index contributed by atoms with van der Waals surface area (Å²) in [4.78, 5) is 13.6. The van der Waals surface area contributed by atoms with E-state index in [1.54, 1.807) is 7.05 Å². The van der Waals surface area contributed by atoms with E-state index in [9.17, 15) is 4.79 Å². The molecule has 0 saturated heterocycles. The minimum absolute atomic E-state index is 0.377. The first-order chi connectivity index (χ1) is 7.63. The van der Waals surface area contributed by atoms with Crippen molar-refractivity contribution in [2.75, 3.05) is 19.3 Å². The van der Waals surface area contributed by atoms with Gasteiger partial charge in [-0.05, 0) is 29.9 Å². The average molecular weight is 238 g/mol. The molecule has 0 aliphatic heterocycles. The molecule has 2 amide bonds. The number of carbonyl (C=O) groups is 1. The van der Waals surface area contributed by atoms with Crippen molar-refractivity contribution < 1.29 is 4.79 Å². The summed E-state index contributed by atoms with van der Waals surface area (Å²) < 4.78 is 0. The Kier molecular flexibility index (Phi) is 5.19. The van der Waals surface area contributed by atoms with E-state index < -0.39 is 0 Å². The molecule has 0 aliphatic carbocycles. The molecule has 0 unspecified atom stereocenters. The fourth-order valence-corrected chi connectivity index (χ4v) is 1.99. The average Bonchev–Trinajstić information content (AvgIpc) is 2.28. The maximum Gasteiger partial charge on any atom is 0.314 e. The summed E-state index contributed by atoms with van der Waals surface area (Å²) in [5.74, 6) is 1.09. The smallest absolute Gasteiger partial charge is 0.314 e. The minimum atomic E-state index is -0.377. The fourth-order valence-electron chi connectivity index (χ4n) is 1.33. The number of carbonyl (C=O) groups excluding carboxylic acids is 1. The minimum Gasteiger partial charge on any atom is -0.351 e. The molecule has 4 heteroatoms. The van der Waals surface area contributed by atoms with Crippen LogP contribution in [0.1, 0.15) is 12.5 Å². The Morgan fingerprint density at radius 2 is 2.00 bits per heavy atom. The third kappa shape index (κ3) is 4.14. The van der Waals surface area contributed by atoms with E-state index in [4.69, 9.17) is 5.73 Å². The fraction of sp³-hybridized carbons (Fsp3) is 0.417. The lowest BCUT2D eigenvalue weighted by Gasteiger charge is -2.13. The third-order valence-electron chi connectivity index (χ3n) is 2.35. The molecule has 0 heterocycles. The van der Waals surface area contributed by atoms with Crippen molar-refractivity contribution in [3.05, 3.63) is 29.8 Å². The molecule has 0 fully saturated rings. The first-order valence-corrected chi connectivity index (χ1v) is 6.34. The lowest BCUT2D eigenvalue weighted by atomic mass is 10.1. The number of thioether (sulfide) groups is 1. The zero-order valence-electron chi connectivity index (χ0n) is 9.77. The molecule has 1 aromatic rings. The highest BCUT2D eigenvalue weighted by Gasteiger charge is 2.02. The van der Waals surface area contributed by atoms with Gasteiger partial charge in [0, 0.05) is 18.5 Å². The summed E-state index contributed by atoms with van der Waals surface area (Å²) in [5, 5.41) is 0. The maximum absolute atomic E-state index is 10.8. The highest BCUT2D eigenvalue weighted by Crippen LogP contribution is 2.17. The van der Waals surface area contributed by atoms with Gasteiger partial charge in [-0.15, -0.1) is 11.8 Å². The van der Waals surface area contributed by atoms with Crippen LogP contribution in [0.5, 0.6) is 0 Å². The van der Waals surface area contributed by atoms with E-state index in [-0.39, 0.29) is 6.03 Å². The number of primary amides is 1. The number of nitrogens with zero attached hydrogens (tertiary/aromatic N) is 1. The van der Waals surface area contributed by atoms with Crippen LogP contribution in [-0.4, -0.2) is 30.3 Å². The number of urea groups is 1. The van der Waals surface area contributed by atoms with E-state index in [0.29, 0.717) is 6.54 Å². The van der Waals surface area contributed by atoms with Crippen LogP contribution >= 0.6 is 11.8 Å². The number of nitrogens with two attached hydrogens (primary N) is 1. The van der Waals surface area contributed by atoms with E-state index >= 15 is 0 Å². The Bertz CT molecular complexity index is 337. The molecular weight excluding hydrogens is 220 g/mol. The van der Waals surface area contributed by atoms with Crippen molar-refractivity contribution in [1.29, 1.82) is 0 Å². The van der Waals surface area contributed by atoms with Gasteiger partial charge in [0.15, 0.2) is 0 Å². The number of hydrogen-bond acceptors (Lipinski definition) is 2.